The maximum Gasteiger partial charge on any atom is 0.243 e. The molecule has 0 aliphatic carbocycles. The number of nitrogens with zero attached hydrogens (tertiary/aromatic N) is 1. The smallest absolute Gasteiger partial charge is 0.243 e. The van der Waals surface area contributed by atoms with E-state index < -0.39 is 10.0 Å². The Balaban J connectivity index is 1.51. The number of benzene rings is 1. The average molecular weight is 396 g/mol. The van der Waals surface area contributed by atoms with E-state index in [0.717, 1.165) is 19.4 Å². The Hall–Kier alpha value is -1.64. The lowest BCUT2D eigenvalue weighted by Gasteiger charge is -2.30. The summed E-state index contributed by atoms with van der Waals surface area (Å²) >= 11 is 0. The molecule has 2 aliphatic rings. The summed E-state index contributed by atoms with van der Waals surface area (Å²) in [4.78, 5) is 12.6. The minimum atomic E-state index is -3.53. The van der Waals surface area contributed by atoms with Crippen molar-refractivity contribution in [3.05, 3.63) is 24.3 Å². The summed E-state index contributed by atoms with van der Waals surface area (Å²) in [6.07, 6.45) is 3.36. The summed E-state index contributed by atoms with van der Waals surface area (Å²) in [5, 5.41) is 6.38. The lowest BCUT2D eigenvalue weighted by molar-refractivity contribution is -0.126. The fraction of sp³-hybridized carbons (Fsp3) is 0.632. The molecule has 1 unspecified atom stereocenters. The van der Waals surface area contributed by atoms with Gasteiger partial charge in [-0.2, -0.15) is 4.31 Å². The Morgan fingerprint density at radius 1 is 1.22 bits per heavy atom. The molecule has 0 spiro atoms. The first-order valence-electron chi connectivity index (χ1n) is 9.75. The van der Waals surface area contributed by atoms with Crippen LogP contribution in [0.5, 0.6) is 5.75 Å². The average Bonchev–Trinajstić information content (AvgIpc) is 3.20. The number of nitrogens with one attached hydrogen (secondary N) is 2. The second-order valence-corrected chi connectivity index (χ2v) is 9.06. The highest BCUT2D eigenvalue weighted by Gasteiger charge is 2.32. The van der Waals surface area contributed by atoms with Gasteiger partial charge >= 0.3 is 0 Å². The number of hydrogen-bond donors (Lipinski definition) is 2. The predicted molar refractivity (Wildman–Crippen MR) is 103 cm³/mol. The monoisotopic (exact) mass is 395 g/mol. The minimum Gasteiger partial charge on any atom is -0.494 e. The third-order valence-corrected chi connectivity index (χ3v) is 7.20. The zero-order valence-electron chi connectivity index (χ0n) is 15.8. The van der Waals surface area contributed by atoms with Crippen LogP contribution in [0, 0.1) is 5.92 Å². The molecular weight excluding hydrogens is 366 g/mol. The van der Waals surface area contributed by atoms with Crippen molar-refractivity contribution in [1.29, 1.82) is 0 Å². The molecule has 0 aromatic heterocycles. The van der Waals surface area contributed by atoms with Gasteiger partial charge in [0.15, 0.2) is 0 Å². The quantitative estimate of drug-likeness (QED) is 0.728. The summed E-state index contributed by atoms with van der Waals surface area (Å²) < 4.78 is 32.5. The summed E-state index contributed by atoms with van der Waals surface area (Å²) in [5.41, 5.74) is 0. The van der Waals surface area contributed by atoms with Gasteiger partial charge in [0, 0.05) is 31.6 Å². The van der Waals surface area contributed by atoms with E-state index in [-0.39, 0.29) is 16.7 Å². The van der Waals surface area contributed by atoms with Crippen LogP contribution < -0.4 is 15.4 Å². The molecule has 150 valence electrons. The summed E-state index contributed by atoms with van der Waals surface area (Å²) in [5.74, 6) is 0.587. The zero-order valence-corrected chi connectivity index (χ0v) is 16.6. The second-order valence-electron chi connectivity index (χ2n) is 7.12. The Morgan fingerprint density at radius 2 is 1.93 bits per heavy atom. The van der Waals surface area contributed by atoms with Crippen molar-refractivity contribution in [3.63, 3.8) is 0 Å². The van der Waals surface area contributed by atoms with E-state index in [0.29, 0.717) is 50.9 Å². The van der Waals surface area contributed by atoms with Gasteiger partial charge in [0.1, 0.15) is 5.75 Å². The van der Waals surface area contributed by atoms with Gasteiger partial charge in [-0.05, 0) is 63.4 Å². The topological polar surface area (TPSA) is 87.7 Å². The molecule has 0 saturated carbocycles. The highest BCUT2D eigenvalue weighted by molar-refractivity contribution is 7.89. The third kappa shape index (κ3) is 5.00. The van der Waals surface area contributed by atoms with Crippen LogP contribution in [0.1, 0.15) is 32.6 Å². The number of carbonyl (C=O) groups excluding carboxylic acids is 1. The molecule has 0 radical (unpaired) electrons. The lowest BCUT2D eigenvalue weighted by Crippen LogP contribution is -2.45. The van der Waals surface area contributed by atoms with Crippen molar-refractivity contribution in [2.24, 2.45) is 5.92 Å². The number of rotatable bonds is 7. The molecule has 1 aromatic rings. The molecule has 2 heterocycles. The number of ether oxygens (including phenoxy) is 1. The molecule has 0 bridgehead atoms. The molecule has 8 heteroatoms. The fourth-order valence-corrected chi connectivity index (χ4v) is 5.15. The molecular formula is C19H29N3O4S. The SMILES string of the molecule is CCOc1ccc(S(=O)(=O)N2CCC(C(=O)NCC3CCCN3)CC2)cc1. The van der Waals surface area contributed by atoms with Gasteiger partial charge in [0.25, 0.3) is 0 Å². The Kier molecular flexibility index (Phi) is 6.73. The summed E-state index contributed by atoms with van der Waals surface area (Å²) in [6, 6.07) is 6.87. The Morgan fingerprint density at radius 3 is 2.52 bits per heavy atom. The van der Waals surface area contributed by atoms with E-state index in [1.54, 1.807) is 24.3 Å². The lowest BCUT2D eigenvalue weighted by atomic mass is 9.97. The minimum absolute atomic E-state index is 0.0433. The number of sulfonamides is 1. The Labute approximate surface area is 161 Å². The first kappa shape index (κ1) is 20.1. The first-order chi connectivity index (χ1) is 13.0. The van der Waals surface area contributed by atoms with E-state index in [1.807, 2.05) is 6.92 Å². The molecule has 3 rings (SSSR count). The molecule has 1 aromatic carbocycles. The number of carbonyl (C=O) groups is 1. The standard InChI is InChI=1S/C19H29N3O4S/c1-2-26-17-5-7-18(8-6-17)27(24,25)22-12-9-15(10-13-22)19(23)21-14-16-4-3-11-20-16/h5-8,15-16,20H,2-4,9-14H2,1H3,(H,21,23). The van der Waals surface area contributed by atoms with Gasteiger partial charge in [0.05, 0.1) is 11.5 Å². The molecule has 2 fully saturated rings. The van der Waals surface area contributed by atoms with Crippen LogP contribution in [0.3, 0.4) is 0 Å². The van der Waals surface area contributed by atoms with E-state index in [9.17, 15) is 13.2 Å². The first-order valence-corrected chi connectivity index (χ1v) is 11.2. The van der Waals surface area contributed by atoms with Crippen LogP contribution in [0.4, 0.5) is 0 Å². The van der Waals surface area contributed by atoms with E-state index in [1.165, 1.54) is 4.31 Å². The van der Waals surface area contributed by atoms with Crippen molar-refractivity contribution < 1.29 is 17.9 Å². The normalized spacial score (nSPS) is 21.9. The molecule has 2 N–H and O–H groups in total. The molecule has 1 amide bonds. The van der Waals surface area contributed by atoms with Crippen LogP contribution in [-0.4, -0.2) is 57.5 Å². The Bertz CT molecular complexity index is 722. The van der Waals surface area contributed by atoms with Crippen LogP contribution in [0.2, 0.25) is 0 Å². The summed E-state index contributed by atoms with van der Waals surface area (Å²) in [7, 11) is -3.53. The molecule has 2 saturated heterocycles. The zero-order chi connectivity index (χ0) is 19.3. The van der Waals surface area contributed by atoms with Gasteiger partial charge in [-0.25, -0.2) is 8.42 Å². The van der Waals surface area contributed by atoms with Gasteiger partial charge in [0.2, 0.25) is 15.9 Å². The number of hydrogen-bond acceptors (Lipinski definition) is 5. The van der Waals surface area contributed by atoms with Gasteiger partial charge in [-0.1, -0.05) is 0 Å². The van der Waals surface area contributed by atoms with Crippen molar-refractivity contribution >= 4 is 15.9 Å². The fourth-order valence-electron chi connectivity index (χ4n) is 3.68. The second kappa shape index (κ2) is 9.03. The third-order valence-electron chi connectivity index (χ3n) is 5.28. The van der Waals surface area contributed by atoms with Crippen LogP contribution in [0.25, 0.3) is 0 Å². The molecule has 27 heavy (non-hydrogen) atoms. The van der Waals surface area contributed by atoms with E-state index in [2.05, 4.69) is 10.6 Å². The molecule has 2 aliphatic heterocycles. The highest BCUT2D eigenvalue weighted by Crippen LogP contribution is 2.25. The van der Waals surface area contributed by atoms with Gasteiger partial charge in [-0.15, -0.1) is 0 Å². The number of piperidine rings is 1. The molecule has 1 atom stereocenters. The maximum atomic E-state index is 12.8. The van der Waals surface area contributed by atoms with Crippen LogP contribution in [-0.2, 0) is 14.8 Å². The van der Waals surface area contributed by atoms with Crippen LogP contribution >= 0.6 is 0 Å². The van der Waals surface area contributed by atoms with Crippen molar-refractivity contribution in [2.45, 2.75) is 43.5 Å². The van der Waals surface area contributed by atoms with Crippen molar-refractivity contribution in [1.82, 2.24) is 14.9 Å². The van der Waals surface area contributed by atoms with Crippen molar-refractivity contribution in [2.75, 3.05) is 32.8 Å². The van der Waals surface area contributed by atoms with Gasteiger partial charge in [-0.3, -0.25) is 4.79 Å². The van der Waals surface area contributed by atoms with Gasteiger partial charge < -0.3 is 15.4 Å². The maximum absolute atomic E-state index is 12.8. The van der Waals surface area contributed by atoms with E-state index >= 15 is 0 Å². The highest BCUT2D eigenvalue weighted by atomic mass is 32.2. The largest absolute Gasteiger partial charge is 0.494 e. The van der Waals surface area contributed by atoms with Crippen molar-refractivity contribution in [3.8, 4) is 5.75 Å². The van der Waals surface area contributed by atoms with E-state index in [4.69, 9.17) is 4.74 Å². The van der Waals surface area contributed by atoms with Crippen LogP contribution in [0.15, 0.2) is 29.2 Å². The molecule has 7 nitrogen and oxygen atoms in total. The predicted octanol–water partition coefficient (Wildman–Crippen LogP) is 1.35. The number of amides is 1. The summed E-state index contributed by atoms with van der Waals surface area (Å²) in [6.45, 7) is 4.84.